The minimum absolute atomic E-state index is 0.00251. The van der Waals surface area contributed by atoms with Gasteiger partial charge in [-0.1, -0.05) is 34.2 Å². The molecule has 0 radical (unpaired) electrons. The van der Waals surface area contributed by atoms with E-state index >= 15 is 0 Å². The summed E-state index contributed by atoms with van der Waals surface area (Å²) < 4.78 is 2.11. The van der Waals surface area contributed by atoms with Gasteiger partial charge in [-0.2, -0.15) is 0 Å². The summed E-state index contributed by atoms with van der Waals surface area (Å²) in [4.78, 5) is 15.9. The zero-order valence-electron chi connectivity index (χ0n) is 10.00. The van der Waals surface area contributed by atoms with Gasteiger partial charge in [-0.15, -0.1) is 0 Å². The monoisotopic (exact) mass is 327 g/mol. The standard InChI is InChI=1S/C12H14BrN3OS/c1-2-5-14-11(17)7-15-12-16-9-6-8(13)3-4-10(9)18-12/h3-4,6H,2,5,7H2,1H3,(H,14,17)(H,15,16). The molecular weight excluding hydrogens is 314 g/mol. The van der Waals surface area contributed by atoms with Crippen LogP contribution in [0.2, 0.25) is 0 Å². The fraction of sp³-hybridized carbons (Fsp3) is 0.333. The normalized spacial score (nSPS) is 10.6. The number of amides is 1. The van der Waals surface area contributed by atoms with E-state index in [1.165, 1.54) is 0 Å². The van der Waals surface area contributed by atoms with Crippen LogP contribution in [-0.2, 0) is 4.79 Å². The second-order valence-electron chi connectivity index (χ2n) is 3.83. The Hall–Kier alpha value is -1.14. The van der Waals surface area contributed by atoms with E-state index in [0.717, 1.165) is 26.2 Å². The molecule has 0 bridgehead atoms. The average Bonchev–Trinajstić information content (AvgIpc) is 2.75. The van der Waals surface area contributed by atoms with Gasteiger partial charge in [-0.25, -0.2) is 4.98 Å². The number of carbonyl (C=O) groups excluding carboxylic acids is 1. The lowest BCUT2D eigenvalue weighted by atomic mass is 10.3. The number of benzene rings is 1. The lowest BCUT2D eigenvalue weighted by Gasteiger charge is -2.03. The quantitative estimate of drug-likeness (QED) is 0.887. The number of halogens is 1. The number of nitrogens with zero attached hydrogens (tertiary/aromatic N) is 1. The number of rotatable bonds is 5. The zero-order valence-corrected chi connectivity index (χ0v) is 12.4. The first-order valence-electron chi connectivity index (χ1n) is 5.75. The molecule has 1 amide bonds. The molecule has 2 N–H and O–H groups in total. The Morgan fingerprint density at radius 1 is 1.50 bits per heavy atom. The van der Waals surface area contributed by atoms with Crippen LogP contribution < -0.4 is 10.6 Å². The summed E-state index contributed by atoms with van der Waals surface area (Å²) in [7, 11) is 0. The number of anilines is 1. The summed E-state index contributed by atoms with van der Waals surface area (Å²) in [6.45, 7) is 3.01. The first kappa shape index (κ1) is 13.3. The van der Waals surface area contributed by atoms with Crippen molar-refractivity contribution in [1.82, 2.24) is 10.3 Å². The van der Waals surface area contributed by atoms with Crippen molar-refractivity contribution in [3.8, 4) is 0 Å². The van der Waals surface area contributed by atoms with Gasteiger partial charge in [0.2, 0.25) is 5.91 Å². The molecule has 0 saturated carbocycles. The van der Waals surface area contributed by atoms with E-state index in [-0.39, 0.29) is 12.5 Å². The number of aromatic nitrogens is 1. The van der Waals surface area contributed by atoms with Crippen LogP contribution in [0, 0.1) is 0 Å². The van der Waals surface area contributed by atoms with Crippen molar-refractivity contribution >= 4 is 48.5 Å². The molecule has 96 valence electrons. The molecule has 1 aromatic heterocycles. The molecule has 0 unspecified atom stereocenters. The topological polar surface area (TPSA) is 54.0 Å². The van der Waals surface area contributed by atoms with E-state index in [9.17, 15) is 4.79 Å². The summed E-state index contributed by atoms with van der Waals surface area (Å²) in [5.74, 6) is -0.00251. The molecular formula is C12H14BrN3OS. The number of carbonyl (C=O) groups is 1. The van der Waals surface area contributed by atoms with Gasteiger partial charge < -0.3 is 10.6 Å². The van der Waals surface area contributed by atoms with Crippen molar-refractivity contribution in [2.45, 2.75) is 13.3 Å². The summed E-state index contributed by atoms with van der Waals surface area (Å²) in [6.07, 6.45) is 0.945. The molecule has 2 aromatic rings. The molecule has 2 rings (SSSR count). The molecule has 1 heterocycles. The lowest BCUT2D eigenvalue weighted by Crippen LogP contribution is -2.30. The van der Waals surface area contributed by atoms with Gasteiger partial charge >= 0.3 is 0 Å². The Balaban J connectivity index is 1.97. The zero-order chi connectivity index (χ0) is 13.0. The van der Waals surface area contributed by atoms with Gasteiger partial charge in [0.1, 0.15) is 0 Å². The largest absolute Gasteiger partial charge is 0.355 e. The molecule has 1 aromatic carbocycles. The number of nitrogens with one attached hydrogen (secondary N) is 2. The van der Waals surface area contributed by atoms with E-state index in [1.807, 2.05) is 25.1 Å². The average molecular weight is 328 g/mol. The molecule has 0 saturated heterocycles. The van der Waals surface area contributed by atoms with Gasteiger partial charge in [0.15, 0.2) is 5.13 Å². The number of thiazole rings is 1. The first-order valence-corrected chi connectivity index (χ1v) is 7.36. The number of hydrogen-bond acceptors (Lipinski definition) is 4. The summed E-state index contributed by atoms with van der Waals surface area (Å²) in [6, 6.07) is 5.96. The number of fused-ring (bicyclic) bond motifs is 1. The molecule has 4 nitrogen and oxygen atoms in total. The fourth-order valence-electron chi connectivity index (χ4n) is 1.46. The van der Waals surface area contributed by atoms with Crippen LogP contribution in [0.1, 0.15) is 13.3 Å². The van der Waals surface area contributed by atoms with E-state index in [1.54, 1.807) is 11.3 Å². The maximum Gasteiger partial charge on any atom is 0.239 e. The van der Waals surface area contributed by atoms with E-state index in [4.69, 9.17) is 0 Å². The molecule has 0 spiro atoms. The van der Waals surface area contributed by atoms with Crippen molar-refractivity contribution in [2.24, 2.45) is 0 Å². The van der Waals surface area contributed by atoms with Crippen LogP contribution in [-0.4, -0.2) is 24.0 Å². The minimum atomic E-state index is -0.00251. The van der Waals surface area contributed by atoms with Gasteiger partial charge in [0.25, 0.3) is 0 Å². The maximum absolute atomic E-state index is 11.4. The van der Waals surface area contributed by atoms with Crippen molar-refractivity contribution < 1.29 is 4.79 Å². The Morgan fingerprint density at radius 2 is 2.33 bits per heavy atom. The molecule has 0 aliphatic carbocycles. The first-order chi connectivity index (χ1) is 8.69. The van der Waals surface area contributed by atoms with E-state index in [0.29, 0.717) is 6.54 Å². The Morgan fingerprint density at radius 3 is 3.11 bits per heavy atom. The lowest BCUT2D eigenvalue weighted by molar-refractivity contribution is -0.119. The van der Waals surface area contributed by atoms with Gasteiger partial charge in [0.05, 0.1) is 16.8 Å². The summed E-state index contributed by atoms with van der Waals surface area (Å²) in [5, 5.41) is 6.63. The summed E-state index contributed by atoms with van der Waals surface area (Å²) >= 11 is 4.96. The number of hydrogen-bond donors (Lipinski definition) is 2. The molecule has 0 aliphatic heterocycles. The molecule has 18 heavy (non-hydrogen) atoms. The van der Waals surface area contributed by atoms with Crippen LogP contribution in [0.15, 0.2) is 22.7 Å². The molecule has 0 aliphatic rings. The Labute approximate surface area is 118 Å². The third-order valence-electron chi connectivity index (χ3n) is 2.32. The SMILES string of the molecule is CCCNC(=O)CNc1nc2cc(Br)ccc2s1. The van der Waals surface area contributed by atoms with Gasteiger partial charge in [-0.3, -0.25) is 4.79 Å². The summed E-state index contributed by atoms with van der Waals surface area (Å²) in [5.41, 5.74) is 0.936. The Bertz CT molecular complexity index is 555. The highest BCUT2D eigenvalue weighted by atomic mass is 79.9. The molecule has 0 atom stereocenters. The van der Waals surface area contributed by atoms with Crippen LogP contribution in [0.5, 0.6) is 0 Å². The van der Waals surface area contributed by atoms with Crippen LogP contribution in [0.25, 0.3) is 10.2 Å². The second-order valence-corrected chi connectivity index (χ2v) is 5.78. The van der Waals surface area contributed by atoms with Gasteiger partial charge in [0, 0.05) is 11.0 Å². The predicted molar refractivity (Wildman–Crippen MR) is 79.1 cm³/mol. The van der Waals surface area contributed by atoms with Gasteiger partial charge in [-0.05, 0) is 24.6 Å². The molecule has 0 fully saturated rings. The smallest absolute Gasteiger partial charge is 0.239 e. The highest BCUT2D eigenvalue weighted by Gasteiger charge is 2.05. The Kier molecular flexibility index (Phi) is 4.54. The van der Waals surface area contributed by atoms with Crippen LogP contribution >= 0.6 is 27.3 Å². The minimum Gasteiger partial charge on any atom is -0.355 e. The highest BCUT2D eigenvalue weighted by Crippen LogP contribution is 2.27. The highest BCUT2D eigenvalue weighted by molar-refractivity contribution is 9.10. The third-order valence-corrected chi connectivity index (χ3v) is 3.81. The van der Waals surface area contributed by atoms with Crippen LogP contribution in [0.4, 0.5) is 5.13 Å². The maximum atomic E-state index is 11.4. The predicted octanol–water partition coefficient (Wildman–Crippen LogP) is 3.00. The molecule has 6 heteroatoms. The third kappa shape index (κ3) is 3.43. The second kappa shape index (κ2) is 6.15. The van der Waals surface area contributed by atoms with E-state index in [2.05, 4.69) is 31.5 Å². The van der Waals surface area contributed by atoms with Crippen molar-refractivity contribution in [3.63, 3.8) is 0 Å². The van der Waals surface area contributed by atoms with Crippen molar-refractivity contribution in [2.75, 3.05) is 18.4 Å². The van der Waals surface area contributed by atoms with Crippen molar-refractivity contribution in [1.29, 1.82) is 0 Å². The fourth-order valence-corrected chi connectivity index (χ4v) is 2.65. The van der Waals surface area contributed by atoms with E-state index < -0.39 is 0 Å². The van der Waals surface area contributed by atoms with Crippen LogP contribution in [0.3, 0.4) is 0 Å². The van der Waals surface area contributed by atoms with Crippen molar-refractivity contribution in [3.05, 3.63) is 22.7 Å².